The molecule has 25 heavy (non-hydrogen) atoms. The second kappa shape index (κ2) is 5.90. The molecule has 0 spiro atoms. The van der Waals surface area contributed by atoms with E-state index in [0.717, 1.165) is 5.56 Å². The van der Waals surface area contributed by atoms with Crippen LogP contribution in [0.1, 0.15) is 27.7 Å². The highest BCUT2D eigenvalue weighted by molar-refractivity contribution is 6.30. The summed E-state index contributed by atoms with van der Waals surface area (Å²) in [6, 6.07) is 13.6. The summed E-state index contributed by atoms with van der Waals surface area (Å²) in [7, 11) is 0. The summed E-state index contributed by atoms with van der Waals surface area (Å²) in [6.45, 7) is 4.03. The Morgan fingerprint density at radius 2 is 1.84 bits per heavy atom. The average molecular weight is 352 g/mol. The molecule has 0 aliphatic carbocycles. The summed E-state index contributed by atoms with van der Waals surface area (Å²) in [5.74, 6) is -0.205. The van der Waals surface area contributed by atoms with Crippen molar-refractivity contribution < 1.29 is 9.21 Å². The molecule has 0 N–H and O–H groups in total. The smallest absolute Gasteiger partial charge is 0.291 e. The topological polar surface area (TPSA) is 50.5 Å². The molecule has 2 heterocycles. The average Bonchev–Trinajstić information content (AvgIpc) is 2.89. The van der Waals surface area contributed by atoms with Crippen LogP contribution in [0, 0.1) is 0 Å². The zero-order valence-corrected chi connectivity index (χ0v) is 14.0. The second-order valence-electron chi connectivity index (χ2n) is 5.87. The largest absolute Gasteiger partial charge is 0.450 e. The molecule has 1 aromatic heterocycles. The molecular weight excluding hydrogens is 338 g/mol. The minimum absolute atomic E-state index is 0.102. The zero-order valence-electron chi connectivity index (χ0n) is 13.2. The van der Waals surface area contributed by atoms with Gasteiger partial charge in [0.25, 0.3) is 5.91 Å². The fraction of sp³-hybridized carbons (Fsp3) is 0.100. The number of amides is 1. The van der Waals surface area contributed by atoms with Crippen molar-refractivity contribution in [3.05, 3.63) is 93.3 Å². The van der Waals surface area contributed by atoms with Gasteiger partial charge in [0.1, 0.15) is 5.58 Å². The van der Waals surface area contributed by atoms with Crippen LogP contribution < -0.4 is 5.43 Å². The first kappa shape index (κ1) is 15.7. The van der Waals surface area contributed by atoms with E-state index < -0.39 is 6.04 Å². The first-order valence-electron chi connectivity index (χ1n) is 7.85. The maximum atomic E-state index is 13.1. The van der Waals surface area contributed by atoms with Crippen LogP contribution in [0.4, 0.5) is 0 Å². The van der Waals surface area contributed by atoms with E-state index in [1.807, 2.05) is 12.1 Å². The number of para-hydroxylation sites is 1. The molecule has 0 saturated heterocycles. The van der Waals surface area contributed by atoms with Crippen LogP contribution in [0.2, 0.25) is 5.02 Å². The van der Waals surface area contributed by atoms with Gasteiger partial charge in [0, 0.05) is 11.6 Å². The molecule has 4 nitrogen and oxygen atoms in total. The van der Waals surface area contributed by atoms with E-state index in [1.165, 1.54) is 0 Å². The van der Waals surface area contributed by atoms with E-state index in [9.17, 15) is 9.59 Å². The molecule has 1 atom stereocenters. The molecule has 0 saturated carbocycles. The zero-order chi connectivity index (χ0) is 17.6. The first-order valence-corrected chi connectivity index (χ1v) is 8.22. The monoisotopic (exact) mass is 351 g/mol. The molecule has 2 aromatic carbocycles. The maximum Gasteiger partial charge on any atom is 0.291 e. The third kappa shape index (κ3) is 2.37. The van der Waals surface area contributed by atoms with E-state index in [0.29, 0.717) is 28.1 Å². The third-order valence-electron chi connectivity index (χ3n) is 4.38. The van der Waals surface area contributed by atoms with Crippen molar-refractivity contribution in [1.29, 1.82) is 0 Å². The Labute approximate surface area is 148 Å². The number of hydrogen-bond acceptors (Lipinski definition) is 3. The standard InChI is InChI=1S/C20H14ClNO3/c1-2-11-22-17(12-7-9-13(21)10-8-12)16-18(23)14-5-3-4-6-15(14)25-19(16)20(22)24/h2-10,17H,1,11H2/t17-/m0/s1. The van der Waals surface area contributed by atoms with E-state index >= 15 is 0 Å². The fourth-order valence-corrected chi connectivity index (χ4v) is 3.41. The van der Waals surface area contributed by atoms with Crippen molar-refractivity contribution in [2.45, 2.75) is 6.04 Å². The Bertz CT molecular complexity index is 1050. The molecule has 1 aliphatic rings. The lowest BCUT2D eigenvalue weighted by Gasteiger charge is -2.23. The lowest BCUT2D eigenvalue weighted by atomic mass is 9.98. The number of nitrogens with zero attached hydrogens (tertiary/aromatic N) is 1. The SMILES string of the molecule is C=CCN1C(=O)c2oc3ccccc3c(=O)c2[C@@H]1c1ccc(Cl)cc1. The number of rotatable bonds is 3. The van der Waals surface area contributed by atoms with Gasteiger partial charge in [-0.05, 0) is 29.8 Å². The third-order valence-corrected chi connectivity index (χ3v) is 4.64. The van der Waals surface area contributed by atoms with Crippen LogP contribution in [0.5, 0.6) is 0 Å². The molecular formula is C20H14ClNO3. The number of fused-ring (bicyclic) bond motifs is 2. The van der Waals surface area contributed by atoms with Gasteiger partial charge in [-0.1, -0.05) is 41.9 Å². The second-order valence-corrected chi connectivity index (χ2v) is 6.31. The van der Waals surface area contributed by atoms with Crippen molar-refractivity contribution >= 4 is 28.5 Å². The normalized spacial score (nSPS) is 16.3. The van der Waals surface area contributed by atoms with Gasteiger partial charge < -0.3 is 9.32 Å². The summed E-state index contributed by atoms with van der Waals surface area (Å²) >= 11 is 5.98. The van der Waals surface area contributed by atoms with E-state index in [4.69, 9.17) is 16.0 Å². The van der Waals surface area contributed by atoms with Gasteiger partial charge in [-0.25, -0.2) is 0 Å². The number of hydrogen-bond donors (Lipinski definition) is 0. The Morgan fingerprint density at radius 3 is 2.56 bits per heavy atom. The van der Waals surface area contributed by atoms with Gasteiger partial charge >= 0.3 is 0 Å². The minimum Gasteiger partial charge on any atom is -0.450 e. The molecule has 0 unspecified atom stereocenters. The Morgan fingerprint density at radius 1 is 1.12 bits per heavy atom. The van der Waals surface area contributed by atoms with Crippen molar-refractivity contribution in [2.75, 3.05) is 6.54 Å². The number of benzene rings is 2. The summed E-state index contributed by atoms with van der Waals surface area (Å²) in [5, 5.41) is 1.06. The molecule has 0 fully saturated rings. The quantitative estimate of drug-likeness (QED) is 0.665. The van der Waals surface area contributed by atoms with Crippen LogP contribution in [0.3, 0.4) is 0 Å². The lowest BCUT2D eigenvalue weighted by molar-refractivity contribution is 0.0748. The highest BCUT2D eigenvalue weighted by Gasteiger charge is 2.42. The number of carbonyl (C=O) groups excluding carboxylic acids is 1. The van der Waals surface area contributed by atoms with Gasteiger partial charge in [-0.15, -0.1) is 6.58 Å². The van der Waals surface area contributed by atoms with Gasteiger partial charge in [-0.2, -0.15) is 0 Å². The van der Waals surface area contributed by atoms with Gasteiger partial charge in [0.05, 0.1) is 17.0 Å². The van der Waals surface area contributed by atoms with E-state index in [2.05, 4.69) is 6.58 Å². The Balaban J connectivity index is 2.02. The van der Waals surface area contributed by atoms with Crippen molar-refractivity contribution in [1.82, 2.24) is 4.90 Å². The summed E-state index contributed by atoms with van der Waals surface area (Å²) in [6.07, 6.45) is 1.64. The number of halogens is 1. The van der Waals surface area contributed by atoms with Crippen LogP contribution in [0.25, 0.3) is 11.0 Å². The molecule has 124 valence electrons. The lowest BCUT2D eigenvalue weighted by Crippen LogP contribution is -2.29. The van der Waals surface area contributed by atoms with Gasteiger partial charge in [-0.3, -0.25) is 9.59 Å². The highest BCUT2D eigenvalue weighted by atomic mass is 35.5. The predicted molar refractivity (Wildman–Crippen MR) is 97.0 cm³/mol. The molecule has 0 radical (unpaired) electrons. The van der Waals surface area contributed by atoms with E-state index in [-0.39, 0.29) is 17.1 Å². The maximum absolute atomic E-state index is 13.1. The van der Waals surface area contributed by atoms with Crippen LogP contribution in [0.15, 0.2) is 70.4 Å². The summed E-state index contributed by atoms with van der Waals surface area (Å²) in [4.78, 5) is 27.5. The minimum atomic E-state index is -0.515. The van der Waals surface area contributed by atoms with Crippen molar-refractivity contribution in [2.24, 2.45) is 0 Å². The molecule has 1 aliphatic heterocycles. The molecule has 0 bridgehead atoms. The fourth-order valence-electron chi connectivity index (χ4n) is 3.29. The first-order chi connectivity index (χ1) is 12.1. The summed E-state index contributed by atoms with van der Waals surface area (Å²) in [5.41, 5.74) is 1.40. The Hall–Kier alpha value is -2.85. The molecule has 1 amide bonds. The van der Waals surface area contributed by atoms with Crippen molar-refractivity contribution in [3.63, 3.8) is 0 Å². The van der Waals surface area contributed by atoms with Crippen LogP contribution in [-0.4, -0.2) is 17.4 Å². The molecule has 3 aromatic rings. The molecule has 5 heteroatoms. The Kier molecular flexibility index (Phi) is 3.70. The molecule has 4 rings (SSSR count). The number of carbonyl (C=O) groups is 1. The highest BCUT2D eigenvalue weighted by Crippen LogP contribution is 2.38. The van der Waals surface area contributed by atoms with Crippen LogP contribution in [-0.2, 0) is 0 Å². The van der Waals surface area contributed by atoms with Gasteiger partial charge in [0.2, 0.25) is 5.76 Å². The summed E-state index contributed by atoms with van der Waals surface area (Å²) < 4.78 is 5.80. The van der Waals surface area contributed by atoms with Crippen molar-refractivity contribution in [3.8, 4) is 0 Å². The predicted octanol–water partition coefficient (Wildman–Crippen LogP) is 4.18. The van der Waals surface area contributed by atoms with E-state index in [1.54, 1.807) is 47.4 Å². The van der Waals surface area contributed by atoms with Crippen LogP contribution >= 0.6 is 11.6 Å². The van der Waals surface area contributed by atoms with Gasteiger partial charge in [0.15, 0.2) is 5.43 Å².